The third kappa shape index (κ3) is 1.07. The van der Waals surface area contributed by atoms with Gasteiger partial charge >= 0.3 is 0 Å². The molecular weight excluding hydrogens is 250 g/mol. The number of carbonyl (C=O) groups excluding carboxylic acids is 1. The number of ketones is 1. The SMILES string of the molecule is Cc1ccc2c3c1OC1C(=O)CC[C@@H]4[C@H](C2)NCCC314. The van der Waals surface area contributed by atoms with E-state index >= 15 is 0 Å². The van der Waals surface area contributed by atoms with Crippen molar-refractivity contribution in [2.75, 3.05) is 6.54 Å². The van der Waals surface area contributed by atoms with Crippen molar-refractivity contribution < 1.29 is 9.53 Å². The van der Waals surface area contributed by atoms with Crippen LogP contribution in [0.25, 0.3) is 0 Å². The summed E-state index contributed by atoms with van der Waals surface area (Å²) in [5.74, 6) is 1.94. The molecule has 0 aromatic heterocycles. The number of hydrogen-bond donors (Lipinski definition) is 1. The van der Waals surface area contributed by atoms with Gasteiger partial charge in [-0.3, -0.25) is 4.79 Å². The summed E-state index contributed by atoms with van der Waals surface area (Å²) in [5, 5.41) is 3.69. The van der Waals surface area contributed by atoms with E-state index in [2.05, 4.69) is 24.4 Å². The van der Waals surface area contributed by atoms with E-state index < -0.39 is 0 Å². The zero-order valence-corrected chi connectivity index (χ0v) is 11.7. The van der Waals surface area contributed by atoms with Crippen molar-refractivity contribution in [3.63, 3.8) is 0 Å². The fourth-order valence-corrected chi connectivity index (χ4v) is 5.39. The van der Waals surface area contributed by atoms with Crippen LogP contribution in [0, 0.1) is 12.8 Å². The standard InChI is InChI=1S/C17H19NO2/c1-9-2-3-10-8-12-11-4-5-13(19)16-17(11,6-7-18-12)14(10)15(9)20-16/h2-3,11-12,16,18H,4-8H2,1H3/t11-,12+,16?,17?/m1/s1. The lowest BCUT2D eigenvalue weighted by Gasteiger charge is -2.54. The Bertz CT molecular complexity index is 638. The summed E-state index contributed by atoms with van der Waals surface area (Å²) in [4.78, 5) is 12.5. The monoisotopic (exact) mass is 269 g/mol. The van der Waals surface area contributed by atoms with Crippen LogP contribution in [0.15, 0.2) is 12.1 Å². The van der Waals surface area contributed by atoms with Crippen molar-refractivity contribution in [2.24, 2.45) is 5.92 Å². The Balaban J connectivity index is 1.85. The Hall–Kier alpha value is -1.35. The summed E-state index contributed by atoms with van der Waals surface area (Å²) in [6.07, 6.45) is 3.66. The van der Waals surface area contributed by atoms with Gasteiger partial charge in [-0.05, 0) is 49.8 Å². The topological polar surface area (TPSA) is 38.3 Å². The van der Waals surface area contributed by atoms with Gasteiger partial charge in [0.25, 0.3) is 0 Å². The van der Waals surface area contributed by atoms with Crippen molar-refractivity contribution in [2.45, 2.75) is 50.2 Å². The molecule has 4 aliphatic rings. The zero-order chi connectivity index (χ0) is 13.5. The highest BCUT2D eigenvalue weighted by molar-refractivity contribution is 5.89. The van der Waals surface area contributed by atoms with Crippen molar-refractivity contribution >= 4 is 5.78 Å². The van der Waals surface area contributed by atoms with Crippen LogP contribution >= 0.6 is 0 Å². The Morgan fingerprint density at radius 2 is 2.30 bits per heavy atom. The molecule has 2 aliphatic heterocycles. The van der Waals surface area contributed by atoms with Gasteiger partial charge in [0.15, 0.2) is 11.9 Å². The van der Waals surface area contributed by atoms with Gasteiger partial charge in [-0.25, -0.2) is 0 Å². The largest absolute Gasteiger partial charge is 0.481 e. The number of ether oxygens (including phenoxy) is 1. The first-order chi connectivity index (χ1) is 9.72. The summed E-state index contributed by atoms with van der Waals surface area (Å²) in [6, 6.07) is 4.95. The van der Waals surface area contributed by atoms with E-state index in [1.165, 1.54) is 16.7 Å². The molecule has 3 nitrogen and oxygen atoms in total. The van der Waals surface area contributed by atoms with Crippen LogP contribution in [0.5, 0.6) is 5.75 Å². The molecule has 20 heavy (non-hydrogen) atoms. The molecule has 1 spiro atoms. The molecule has 1 saturated heterocycles. The molecule has 1 aromatic rings. The minimum atomic E-state index is -0.207. The van der Waals surface area contributed by atoms with E-state index in [9.17, 15) is 4.79 Å². The van der Waals surface area contributed by atoms with E-state index in [1.54, 1.807) is 0 Å². The summed E-state index contributed by atoms with van der Waals surface area (Å²) in [6.45, 7) is 3.12. The van der Waals surface area contributed by atoms with Gasteiger partial charge in [-0.1, -0.05) is 12.1 Å². The molecule has 1 aromatic carbocycles. The van der Waals surface area contributed by atoms with Crippen LogP contribution in [0.1, 0.15) is 36.0 Å². The van der Waals surface area contributed by atoms with Crippen LogP contribution in [-0.4, -0.2) is 24.5 Å². The van der Waals surface area contributed by atoms with Gasteiger partial charge in [0.1, 0.15) is 5.75 Å². The van der Waals surface area contributed by atoms with Crippen LogP contribution in [-0.2, 0) is 16.6 Å². The lowest BCUT2D eigenvalue weighted by molar-refractivity contribution is -0.135. The normalized spacial score (nSPS) is 40.2. The second-order valence-corrected chi connectivity index (χ2v) is 6.91. The fraction of sp³-hybridized carbons (Fsp3) is 0.588. The van der Waals surface area contributed by atoms with Crippen LogP contribution in [0.4, 0.5) is 0 Å². The Morgan fingerprint density at radius 3 is 3.20 bits per heavy atom. The minimum Gasteiger partial charge on any atom is -0.481 e. The van der Waals surface area contributed by atoms with Crippen molar-refractivity contribution in [1.29, 1.82) is 0 Å². The third-order valence-electron chi connectivity index (χ3n) is 6.14. The maximum absolute atomic E-state index is 12.5. The predicted octanol–water partition coefficient (Wildman–Crippen LogP) is 1.89. The molecule has 2 bridgehead atoms. The summed E-state index contributed by atoms with van der Waals surface area (Å²) in [5.41, 5.74) is 3.99. The summed E-state index contributed by atoms with van der Waals surface area (Å²) in [7, 11) is 0. The summed E-state index contributed by atoms with van der Waals surface area (Å²) < 4.78 is 6.24. The number of hydrogen-bond acceptors (Lipinski definition) is 3. The van der Waals surface area contributed by atoms with E-state index in [-0.39, 0.29) is 11.5 Å². The van der Waals surface area contributed by atoms with E-state index in [1.807, 2.05) is 0 Å². The van der Waals surface area contributed by atoms with Crippen LogP contribution < -0.4 is 10.1 Å². The van der Waals surface area contributed by atoms with E-state index in [0.717, 1.165) is 31.6 Å². The lowest BCUT2D eigenvalue weighted by atomic mass is 9.52. The Morgan fingerprint density at radius 1 is 1.40 bits per heavy atom. The number of nitrogens with one attached hydrogen (secondary N) is 1. The number of Topliss-reactive ketones (excluding diaryl/α,β-unsaturated/α-hetero) is 1. The molecule has 1 N–H and O–H groups in total. The first-order valence-electron chi connectivity index (χ1n) is 7.77. The molecule has 1 saturated carbocycles. The second-order valence-electron chi connectivity index (χ2n) is 6.91. The number of benzene rings is 1. The van der Waals surface area contributed by atoms with Crippen LogP contribution in [0.3, 0.4) is 0 Å². The molecular formula is C17H19NO2. The zero-order valence-electron chi connectivity index (χ0n) is 11.7. The molecule has 5 rings (SSSR count). The first-order valence-corrected chi connectivity index (χ1v) is 7.77. The highest BCUT2D eigenvalue weighted by atomic mass is 16.5. The van der Waals surface area contributed by atoms with Crippen molar-refractivity contribution in [1.82, 2.24) is 5.32 Å². The molecule has 2 heterocycles. The number of carbonyl (C=O) groups is 1. The molecule has 4 atom stereocenters. The van der Waals surface area contributed by atoms with Gasteiger partial charge in [0.05, 0.1) is 0 Å². The highest BCUT2D eigenvalue weighted by Gasteiger charge is 2.64. The highest BCUT2D eigenvalue weighted by Crippen LogP contribution is 2.60. The molecule has 3 heteroatoms. The molecule has 0 radical (unpaired) electrons. The van der Waals surface area contributed by atoms with Gasteiger partial charge < -0.3 is 10.1 Å². The average Bonchev–Trinajstić information content (AvgIpc) is 2.78. The molecule has 2 fully saturated rings. The van der Waals surface area contributed by atoms with Crippen molar-refractivity contribution in [3.8, 4) is 5.75 Å². The average molecular weight is 269 g/mol. The van der Waals surface area contributed by atoms with Crippen molar-refractivity contribution in [3.05, 3.63) is 28.8 Å². The maximum Gasteiger partial charge on any atom is 0.174 e. The quantitative estimate of drug-likeness (QED) is 0.781. The Labute approximate surface area is 118 Å². The van der Waals surface area contributed by atoms with Gasteiger partial charge in [0.2, 0.25) is 0 Å². The van der Waals surface area contributed by atoms with Gasteiger partial charge in [-0.2, -0.15) is 0 Å². The van der Waals surface area contributed by atoms with Crippen LogP contribution in [0.2, 0.25) is 0 Å². The molecule has 0 amide bonds. The van der Waals surface area contributed by atoms with E-state index in [0.29, 0.717) is 24.2 Å². The first kappa shape index (κ1) is 11.3. The third-order valence-corrected chi connectivity index (χ3v) is 6.14. The van der Waals surface area contributed by atoms with Gasteiger partial charge in [0, 0.05) is 23.4 Å². The second kappa shape index (κ2) is 3.45. The molecule has 2 unspecified atom stereocenters. The molecule has 2 aliphatic carbocycles. The Kier molecular flexibility index (Phi) is 1.95. The van der Waals surface area contributed by atoms with Gasteiger partial charge in [-0.15, -0.1) is 0 Å². The lowest BCUT2D eigenvalue weighted by Crippen LogP contribution is -2.65. The van der Waals surface area contributed by atoms with E-state index in [4.69, 9.17) is 4.74 Å². The predicted molar refractivity (Wildman–Crippen MR) is 75.1 cm³/mol. The molecule has 104 valence electrons. The maximum atomic E-state index is 12.5. The smallest absolute Gasteiger partial charge is 0.174 e. The fourth-order valence-electron chi connectivity index (χ4n) is 5.39. The minimum absolute atomic E-state index is 0.0137. The number of piperidine rings is 1. The summed E-state index contributed by atoms with van der Waals surface area (Å²) >= 11 is 0. The number of aryl methyl sites for hydroxylation is 1. The number of rotatable bonds is 0.